The largest absolute Gasteiger partial charge is 0.378 e. The summed E-state index contributed by atoms with van der Waals surface area (Å²) < 4.78 is 6.44. The summed E-state index contributed by atoms with van der Waals surface area (Å²) in [5.74, 6) is -0.0752. The van der Waals surface area contributed by atoms with Gasteiger partial charge < -0.3 is 10.1 Å². The Kier molecular flexibility index (Phi) is 5.57. The minimum absolute atomic E-state index is 0.0752. The Labute approximate surface area is 127 Å². The lowest BCUT2D eigenvalue weighted by atomic mass is 10.0. The van der Waals surface area contributed by atoms with Crippen LogP contribution < -0.4 is 5.32 Å². The van der Waals surface area contributed by atoms with Crippen molar-refractivity contribution in [3.05, 3.63) is 28.2 Å². The van der Waals surface area contributed by atoms with E-state index >= 15 is 0 Å². The molecular formula is C15H17BrN2O2. The number of ether oxygens (including phenoxy) is 1. The van der Waals surface area contributed by atoms with Crippen molar-refractivity contribution in [3.63, 3.8) is 0 Å². The molecule has 1 fully saturated rings. The van der Waals surface area contributed by atoms with E-state index in [1.54, 1.807) is 18.2 Å². The standard InChI is InChI=1S/C15H17BrN2O2/c16-12-5-4-11(10-17)14(9-12)18-15(19)7-6-13-3-1-2-8-20-13/h4-5,9,13H,1-3,6-8H2,(H,18,19). The van der Waals surface area contributed by atoms with Gasteiger partial charge in [-0.1, -0.05) is 15.9 Å². The smallest absolute Gasteiger partial charge is 0.224 e. The molecule has 0 spiro atoms. The molecule has 4 nitrogen and oxygen atoms in total. The Morgan fingerprint density at radius 1 is 1.50 bits per heavy atom. The van der Waals surface area contributed by atoms with Gasteiger partial charge in [-0.3, -0.25) is 4.79 Å². The molecule has 1 aliphatic rings. The Bertz CT molecular complexity index is 519. The number of anilines is 1. The predicted octanol–water partition coefficient (Wildman–Crippen LogP) is 3.61. The van der Waals surface area contributed by atoms with E-state index in [-0.39, 0.29) is 12.0 Å². The zero-order valence-corrected chi connectivity index (χ0v) is 12.8. The van der Waals surface area contributed by atoms with E-state index in [1.807, 2.05) is 0 Å². The van der Waals surface area contributed by atoms with Crippen LogP contribution in [0, 0.1) is 11.3 Å². The van der Waals surface area contributed by atoms with Crippen LogP contribution in [0.5, 0.6) is 0 Å². The molecule has 1 unspecified atom stereocenters. The maximum absolute atomic E-state index is 11.9. The lowest BCUT2D eigenvalue weighted by Crippen LogP contribution is -2.22. The first-order valence-corrected chi connectivity index (χ1v) is 7.59. The third kappa shape index (κ3) is 4.32. The Morgan fingerprint density at radius 3 is 3.05 bits per heavy atom. The fourth-order valence-electron chi connectivity index (χ4n) is 2.26. The van der Waals surface area contributed by atoms with Crippen LogP contribution in [0.15, 0.2) is 22.7 Å². The summed E-state index contributed by atoms with van der Waals surface area (Å²) in [6.45, 7) is 0.802. The number of benzene rings is 1. The van der Waals surface area contributed by atoms with Crippen molar-refractivity contribution in [3.8, 4) is 6.07 Å². The second-order valence-corrected chi connectivity index (χ2v) is 5.79. The topological polar surface area (TPSA) is 62.1 Å². The van der Waals surface area contributed by atoms with Crippen molar-refractivity contribution >= 4 is 27.5 Å². The lowest BCUT2D eigenvalue weighted by Gasteiger charge is -2.22. The number of carbonyl (C=O) groups excluding carboxylic acids is 1. The van der Waals surface area contributed by atoms with Crippen molar-refractivity contribution in [1.29, 1.82) is 5.26 Å². The molecule has 1 atom stereocenters. The molecule has 1 amide bonds. The molecule has 20 heavy (non-hydrogen) atoms. The number of hydrogen-bond donors (Lipinski definition) is 1. The second kappa shape index (κ2) is 7.41. The Hall–Kier alpha value is -1.38. The van der Waals surface area contributed by atoms with E-state index in [2.05, 4.69) is 27.3 Å². The van der Waals surface area contributed by atoms with Gasteiger partial charge in [0.15, 0.2) is 0 Å². The first-order valence-electron chi connectivity index (χ1n) is 6.80. The molecule has 0 saturated carbocycles. The van der Waals surface area contributed by atoms with Crippen LogP contribution in [0.1, 0.15) is 37.7 Å². The van der Waals surface area contributed by atoms with E-state index in [1.165, 1.54) is 6.42 Å². The van der Waals surface area contributed by atoms with Crippen LogP contribution in [-0.2, 0) is 9.53 Å². The van der Waals surface area contributed by atoms with E-state index in [0.717, 1.165) is 30.3 Å². The highest BCUT2D eigenvalue weighted by Crippen LogP contribution is 2.22. The fourth-order valence-corrected chi connectivity index (χ4v) is 2.62. The van der Waals surface area contributed by atoms with Gasteiger partial charge >= 0.3 is 0 Å². The van der Waals surface area contributed by atoms with Crippen LogP contribution in [0.2, 0.25) is 0 Å². The number of hydrogen-bond acceptors (Lipinski definition) is 3. The predicted molar refractivity (Wildman–Crippen MR) is 80.3 cm³/mol. The molecule has 1 heterocycles. The quantitative estimate of drug-likeness (QED) is 0.913. The van der Waals surface area contributed by atoms with Gasteiger partial charge in [0.2, 0.25) is 5.91 Å². The van der Waals surface area contributed by atoms with E-state index < -0.39 is 0 Å². The lowest BCUT2D eigenvalue weighted by molar-refractivity contribution is -0.117. The molecule has 106 valence electrons. The zero-order chi connectivity index (χ0) is 14.4. The third-order valence-electron chi connectivity index (χ3n) is 3.34. The summed E-state index contributed by atoms with van der Waals surface area (Å²) >= 11 is 3.34. The number of carbonyl (C=O) groups is 1. The highest BCUT2D eigenvalue weighted by molar-refractivity contribution is 9.10. The summed E-state index contributed by atoms with van der Waals surface area (Å²) in [5, 5.41) is 11.8. The Morgan fingerprint density at radius 2 is 2.35 bits per heavy atom. The first-order chi connectivity index (χ1) is 9.69. The van der Waals surface area contributed by atoms with Crippen LogP contribution >= 0.6 is 15.9 Å². The van der Waals surface area contributed by atoms with Crippen molar-refractivity contribution in [2.24, 2.45) is 0 Å². The third-order valence-corrected chi connectivity index (χ3v) is 3.84. The van der Waals surface area contributed by atoms with E-state index in [4.69, 9.17) is 10.00 Å². The summed E-state index contributed by atoms with van der Waals surface area (Å²) in [5.41, 5.74) is 1.02. The molecule has 0 radical (unpaired) electrons. The minimum atomic E-state index is -0.0752. The number of nitriles is 1. The number of halogens is 1. The molecule has 1 N–H and O–H groups in total. The molecule has 0 bridgehead atoms. The van der Waals surface area contributed by atoms with Gasteiger partial charge in [0.25, 0.3) is 0 Å². The first kappa shape index (κ1) is 15.0. The van der Waals surface area contributed by atoms with Crippen LogP contribution in [0.3, 0.4) is 0 Å². The van der Waals surface area contributed by atoms with Gasteiger partial charge in [-0.25, -0.2) is 0 Å². The van der Waals surface area contributed by atoms with Crippen LogP contribution in [0.4, 0.5) is 5.69 Å². The van der Waals surface area contributed by atoms with E-state index in [0.29, 0.717) is 17.7 Å². The van der Waals surface area contributed by atoms with Crippen molar-refractivity contribution < 1.29 is 9.53 Å². The van der Waals surface area contributed by atoms with Gasteiger partial charge in [0.05, 0.1) is 17.4 Å². The molecule has 1 aromatic rings. The van der Waals surface area contributed by atoms with Crippen molar-refractivity contribution in [2.75, 3.05) is 11.9 Å². The molecule has 5 heteroatoms. The maximum atomic E-state index is 11.9. The molecule has 2 rings (SSSR count). The van der Waals surface area contributed by atoms with Gasteiger partial charge in [0, 0.05) is 17.5 Å². The average Bonchev–Trinajstić information content (AvgIpc) is 2.46. The van der Waals surface area contributed by atoms with Gasteiger partial charge in [-0.05, 0) is 43.9 Å². The summed E-state index contributed by atoms with van der Waals surface area (Å²) in [6, 6.07) is 7.28. The van der Waals surface area contributed by atoms with Crippen molar-refractivity contribution in [1.82, 2.24) is 0 Å². The SMILES string of the molecule is N#Cc1ccc(Br)cc1NC(=O)CCC1CCCCO1. The van der Waals surface area contributed by atoms with Gasteiger partial charge in [0.1, 0.15) is 6.07 Å². The highest BCUT2D eigenvalue weighted by Gasteiger charge is 2.15. The number of rotatable bonds is 4. The van der Waals surface area contributed by atoms with Crippen LogP contribution in [0.25, 0.3) is 0 Å². The second-order valence-electron chi connectivity index (χ2n) is 4.88. The van der Waals surface area contributed by atoms with E-state index in [9.17, 15) is 4.79 Å². The maximum Gasteiger partial charge on any atom is 0.224 e. The monoisotopic (exact) mass is 336 g/mol. The molecule has 0 aliphatic carbocycles. The fraction of sp³-hybridized carbons (Fsp3) is 0.467. The molecule has 1 aromatic carbocycles. The summed E-state index contributed by atoms with van der Waals surface area (Å²) in [4.78, 5) is 11.9. The summed E-state index contributed by atoms with van der Waals surface area (Å²) in [7, 11) is 0. The van der Waals surface area contributed by atoms with Crippen LogP contribution in [-0.4, -0.2) is 18.6 Å². The molecular weight excluding hydrogens is 320 g/mol. The van der Waals surface area contributed by atoms with Gasteiger partial charge in [-0.2, -0.15) is 5.26 Å². The number of nitrogens with zero attached hydrogens (tertiary/aromatic N) is 1. The van der Waals surface area contributed by atoms with Gasteiger partial charge in [-0.15, -0.1) is 0 Å². The minimum Gasteiger partial charge on any atom is -0.378 e. The normalized spacial score (nSPS) is 18.3. The Balaban J connectivity index is 1.88. The zero-order valence-electron chi connectivity index (χ0n) is 11.2. The molecule has 0 aromatic heterocycles. The number of nitrogens with one attached hydrogen (secondary N) is 1. The van der Waals surface area contributed by atoms with Crippen molar-refractivity contribution in [2.45, 2.75) is 38.2 Å². The molecule has 1 saturated heterocycles. The summed E-state index contributed by atoms with van der Waals surface area (Å²) in [6.07, 6.45) is 4.69. The number of amides is 1. The average molecular weight is 337 g/mol. The molecule has 1 aliphatic heterocycles. The highest BCUT2D eigenvalue weighted by atomic mass is 79.9.